The van der Waals surface area contributed by atoms with Gasteiger partial charge in [-0.3, -0.25) is 9.69 Å². The number of carbonyl (C=O) groups is 1. The highest BCUT2D eigenvalue weighted by atomic mass is 32.1. The van der Waals surface area contributed by atoms with Crippen molar-refractivity contribution >= 4 is 17.2 Å². The van der Waals surface area contributed by atoms with E-state index in [2.05, 4.69) is 25.3 Å². The van der Waals surface area contributed by atoms with E-state index in [1.807, 2.05) is 47.9 Å². The molecule has 6 nitrogen and oxygen atoms in total. The molecule has 2 heterocycles. The zero-order valence-electron chi connectivity index (χ0n) is 20.3. The Labute approximate surface area is 202 Å². The number of benzene rings is 1. The van der Waals surface area contributed by atoms with Crippen molar-refractivity contribution in [2.75, 3.05) is 39.4 Å². The number of ether oxygens (including phenoxy) is 2. The zero-order valence-corrected chi connectivity index (χ0v) is 21.1. The van der Waals surface area contributed by atoms with Crippen molar-refractivity contribution in [1.29, 1.82) is 0 Å². The van der Waals surface area contributed by atoms with Crippen molar-refractivity contribution in [3.8, 4) is 5.75 Å². The third-order valence-electron chi connectivity index (χ3n) is 5.83. The predicted molar refractivity (Wildman–Crippen MR) is 133 cm³/mol. The number of rotatable bonds is 12. The molecular formula is C26H38N2O4S. The summed E-state index contributed by atoms with van der Waals surface area (Å²) in [5.41, 5.74) is 2.38. The lowest BCUT2D eigenvalue weighted by Gasteiger charge is -2.37. The van der Waals surface area contributed by atoms with Gasteiger partial charge in [0.15, 0.2) is 0 Å². The molecule has 33 heavy (non-hydrogen) atoms. The highest BCUT2D eigenvalue weighted by molar-refractivity contribution is 7.10. The highest BCUT2D eigenvalue weighted by Gasteiger charge is 2.33. The summed E-state index contributed by atoms with van der Waals surface area (Å²) >= 11 is 1.75. The minimum absolute atomic E-state index is 0.0725. The zero-order chi connectivity index (χ0) is 23.8. The fraction of sp³-hybridized carbons (Fsp3) is 0.577. The second kappa shape index (κ2) is 12.5. The van der Waals surface area contributed by atoms with Gasteiger partial charge in [0, 0.05) is 18.0 Å². The molecule has 2 unspecified atom stereocenters. The lowest BCUT2D eigenvalue weighted by atomic mass is 10.0. The van der Waals surface area contributed by atoms with Gasteiger partial charge in [-0.1, -0.05) is 24.6 Å². The van der Waals surface area contributed by atoms with Crippen LogP contribution in [0, 0.1) is 6.92 Å². The molecule has 3 rings (SSSR count). The molecule has 2 atom stereocenters. The number of fused-ring (bicyclic) bond motifs is 1. The quantitative estimate of drug-likeness (QED) is 0.503. The Kier molecular flexibility index (Phi) is 9.74. The third kappa shape index (κ3) is 7.54. The van der Waals surface area contributed by atoms with Crippen LogP contribution in [-0.2, 0) is 16.0 Å². The summed E-state index contributed by atoms with van der Waals surface area (Å²) in [4.78, 5) is 18.8. The second-order valence-corrected chi connectivity index (χ2v) is 10.0. The monoisotopic (exact) mass is 474 g/mol. The summed E-state index contributed by atoms with van der Waals surface area (Å²) < 4.78 is 11.7. The molecule has 0 fully saturated rings. The first kappa shape index (κ1) is 25.7. The number of aryl methyl sites for hydroxylation is 1. The van der Waals surface area contributed by atoms with E-state index in [-0.39, 0.29) is 31.2 Å². The molecule has 0 radical (unpaired) electrons. The smallest absolute Gasteiger partial charge is 0.237 e. The van der Waals surface area contributed by atoms with Crippen LogP contribution in [0.4, 0.5) is 0 Å². The molecule has 1 N–H and O–H groups in total. The lowest BCUT2D eigenvalue weighted by molar-refractivity contribution is -0.136. The van der Waals surface area contributed by atoms with E-state index in [0.29, 0.717) is 19.7 Å². The maximum atomic E-state index is 13.4. The maximum absolute atomic E-state index is 13.4. The maximum Gasteiger partial charge on any atom is 0.237 e. The van der Waals surface area contributed by atoms with Gasteiger partial charge < -0.3 is 19.5 Å². The summed E-state index contributed by atoms with van der Waals surface area (Å²) in [5.74, 6) is 0.894. The number of aliphatic hydroxyl groups excluding tert-OH is 1. The number of amides is 1. The molecule has 1 aromatic carbocycles. The minimum atomic E-state index is -0.614. The van der Waals surface area contributed by atoms with Crippen molar-refractivity contribution in [1.82, 2.24) is 9.80 Å². The van der Waals surface area contributed by atoms with Gasteiger partial charge in [0.05, 0.1) is 31.4 Å². The summed E-state index contributed by atoms with van der Waals surface area (Å²) in [6.45, 7) is 10.9. The molecule has 0 saturated carbocycles. The van der Waals surface area contributed by atoms with Crippen LogP contribution in [0.3, 0.4) is 0 Å². The molecule has 0 aliphatic carbocycles. The number of hydrogen-bond donors (Lipinski definition) is 1. The van der Waals surface area contributed by atoms with Crippen molar-refractivity contribution in [2.24, 2.45) is 0 Å². The van der Waals surface area contributed by atoms with Crippen molar-refractivity contribution in [2.45, 2.75) is 58.8 Å². The van der Waals surface area contributed by atoms with Gasteiger partial charge in [0.2, 0.25) is 5.91 Å². The Morgan fingerprint density at radius 1 is 1.27 bits per heavy atom. The Hall–Kier alpha value is -1.93. The molecule has 0 spiro atoms. The number of hydrogen-bond acceptors (Lipinski definition) is 6. The van der Waals surface area contributed by atoms with Crippen molar-refractivity contribution in [3.05, 3.63) is 51.7 Å². The Morgan fingerprint density at radius 2 is 2.03 bits per heavy atom. The fourth-order valence-corrected chi connectivity index (χ4v) is 5.10. The molecule has 1 amide bonds. The second-order valence-electron chi connectivity index (χ2n) is 9.05. The van der Waals surface area contributed by atoms with Crippen molar-refractivity contribution in [3.63, 3.8) is 0 Å². The normalized spacial score (nSPS) is 16.8. The summed E-state index contributed by atoms with van der Waals surface area (Å²) in [6, 6.07) is 10.0. The Morgan fingerprint density at radius 3 is 2.73 bits per heavy atom. The number of nitrogens with zero attached hydrogens (tertiary/aromatic N) is 2. The first-order valence-corrected chi connectivity index (χ1v) is 12.8. The number of carbonyl (C=O) groups excluding carboxylic acids is 1. The van der Waals surface area contributed by atoms with Crippen LogP contribution in [0.1, 0.15) is 49.2 Å². The van der Waals surface area contributed by atoms with E-state index in [1.54, 1.807) is 11.3 Å². The topological polar surface area (TPSA) is 62.2 Å². The lowest BCUT2D eigenvalue weighted by Crippen LogP contribution is -2.48. The van der Waals surface area contributed by atoms with E-state index in [4.69, 9.17) is 9.47 Å². The standard InChI is InChI=1S/C26H38N2O4S/c1-5-12-27(15-21(29)17-31-19(2)3)16-26(30)28-13-10-25-23(11-14-33-25)24(28)18-32-22-8-6-20(4)7-9-22/h6-9,11,14,19,21,24,29H,5,10,12-13,15-18H2,1-4H3. The predicted octanol–water partition coefficient (Wildman–Crippen LogP) is 4.06. The van der Waals surface area contributed by atoms with Crippen LogP contribution < -0.4 is 4.74 Å². The first-order valence-electron chi connectivity index (χ1n) is 11.9. The van der Waals surface area contributed by atoms with Gasteiger partial charge >= 0.3 is 0 Å². The van der Waals surface area contributed by atoms with Crippen LogP contribution in [-0.4, -0.2) is 72.4 Å². The molecule has 1 aliphatic rings. The SMILES string of the molecule is CCCN(CC(=O)N1CCc2sccc2C1COc1ccc(C)cc1)CC(O)COC(C)C. The van der Waals surface area contributed by atoms with Gasteiger partial charge in [0.1, 0.15) is 12.4 Å². The summed E-state index contributed by atoms with van der Waals surface area (Å²) in [6.07, 6.45) is 1.25. The van der Waals surface area contributed by atoms with Gasteiger partial charge in [0.25, 0.3) is 0 Å². The van der Waals surface area contributed by atoms with E-state index in [9.17, 15) is 9.90 Å². The fourth-order valence-electron chi connectivity index (χ4n) is 4.17. The van der Waals surface area contributed by atoms with Crippen LogP contribution >= 0.6 is 11.3 Å². The van der Waals surface area contributed by atoms with Crippen LogP contribution in [0.25, 0.3) is 0 Å². The largest absolute Gasteiger partial charge is 0.491 e. The van der Waals surface area contributed by atoms with Gasteiger partial charge in [-0.25, -0.2) is 0 Å². The molecule has 1 aliphatic heterocycles. The average molecular weight is 475 g/mol. The molecule has 182 valence electrons. The van der Waals surface area contributed by atoms with Crippen molar-refractivity contribution < 1.29 is 19.4 Å². The van der Waals surface area contributed by atoms with Crippen LogP contribution in [0.5, 0.6) is 5.75 Å². The minimum Gasteiger partial charge on any atom is -0.491 e. The molecular weight excluding hydrogens is 436 g/mol. The van der Waals surface area contributed by atoms with E-state index >= 15 is 0 Å². The van der Waals surface area contributed by atoms with E-state index in [0.717, 1.165) is 25.1 Å². The number of aliphatic hydroxyl groups is 1. The molecule has 7 heteroatoms. The van der Waals surface area contributed by atoms with E-state index < -0.39 is 6.10 Å². The third-order valence-corrected chi connectivity index (χ3v) is 6.83. The van der Waals surface area contributed by atoms with Gasteiger partial charge in [-0.15, -0.1) is 11.3 Å². The molecule has 0 bridgehead atoms. The Bertz CT molecular complexity index is 867. The molecule has 1 aromatic heterocycles. The average Bonchev–Trinajstić information content (AvgIpc) is 3.26. The number of thiophene rings is 1. The van der Waals surface area contributed by atoms with Crippen LogP contribution in [0.15, 0.2) is 35.7 Å². The van der Waals surface area contributed by atoms with Gasteiger partial charge in [-0.2, -0.15) is 0 Å². The molecule has 0 saturated heterocycles. The Balaban J connectivity index is 1.67. The van der Waals surface area contributed by atoms with E-state index in [1.165, 1.54) is 16.0 Å². The van der Waals surface area contributed by atoms with Gasteiger partial charge in [-0.05, 0) is 69.3 Å². The molecule has 2 aromatic rings. The summed E-state index contributed by atoms with van der Waals surface area (Å²) in [5, 5.41) is 12.5. The highest BCUT2D eigenvalue weighted by Crippen LogP contribution is 2.34. The van der Waals surface area contributed by atoms with Crippen LogP contribution in [0.2, 0.25) is 0 Å². The summed E-state index contributed by atoms with van der Waals surface area (Å²) in [7, 11) is 0. The first-order chi connectivity index (χ1) is 15.9.